The van der Waals surface area contributed by atoms with Gasteiger partial charge in [-0.25, -0.2) is 9.78 Å². The zero-order chi connectivity index (χ0) is 33.8. The fourth-order valence-corrected chi connectivity index (χ4v) is 6.96. The van der Waals surface area contributed by atoms with Crippen LogP contribution in [-0.4, -0.2) is 85.0 Å². The monoisotopic (exact) mass is 689 g/mol. The molecule has 48 heavy (non-hydrogen) atoms. The summed E-state index contributed by atoms with van der Waals surface area (Å²) in [5.41, 5.74) is 4.00. The molecule has 15 heteroatoms. The minimum atomic E-state index is -2.54. The minimum Gasteiger partial charge on any atom is -0.494 e. The van der Waals surface area contributed by atoms with Crippen LogP contribution in [0.15, 0.2) is 67.0 Å². The van der Waals surface area contributed by atoms with Crippen LogP contribution < -0.4 is 35.8 Å². The number of pyridine rings is 1. The number of amides is 3. The van der Waals surface area contributed by atoms with Crippen molar-refractivity contribution in [1.82, 2.24) is 25.2 Å². The fourth-order valence-electron chi connectivity index (χ4n) is 5.67. The maximum atomic E-state index is 12.8. The number of aromatic nitrogens is 3. The highest BCUT2D eigenvalue weighted by Crippen LogP contribution is 2.39. The van der Waals surface area contributed by atoms with Gasteiger partial charge in [0.15, 0.2) is 5.82 Å². The van der Waals surface area contributed by atoms with Crippen molar-refractivity contribution in [3.8, 4) is 5.75 Å². The molecule has 4 heterocycles. The molecule has 2 aliphatic rings. The first kappa shape index (κ1) is 33.2. The molecule has 250 valence electrons. The molecule has 0 aliphatic carbocycles. The number of imide groups is 1. The van der Waals surface area contributed by atoms with Crippen LogP contribution >= 0.6 is 18.7 Å². The number of ether oxygens (including phenoxy) is 1. The summed E-state index contributed by atoms with van der Waals surface area (Å²) in [6.07, 6.45) is 3.48. The number of nitrogens with zero attached hydrogens (tertiary/aromatic N) is 6. The molecule has 3 amide bonds. The number of carbonyl (C=O) groups is 2. The maximum absolute atomic E-state index is 12.8. The summed E-state index contributed by atoms with van der Waals surface area (Å²) in [7, 11) is -0.919. The van der Waals surface area contributed by atoms with Gasteiger partial charge < -0.3 is 24.8 Å². The summed E-state index contributed by atoms with van der Waals surface area (Å²) in [5, 5.41) is 9.85. The summed E-state index contributed by atoms with van der Waals surface area (Å²) >= 11 is 6.44. The van der Waals surface area contributed by atoms with Crippen molar-refractivity contribution in [3.05, 3.63) is 77.7 Å². The molecular formula is C33H37ClN9O4P. The summed E-state index contributed by atoms with van der Waals surface area (Å²) in [6, 6.07) is 16.8. The Kier molecular flexibility index (Phi) is 9.81. The van der Waals surface area contributed by atoms with E-state index in [-0.39, 0.29) is 12.3 Å². The van der Waals surface area contributed by atoms with E-state index in [9.17, 15) is 14.2 Å². The lowest BCUT2D eigenvalue weighted by atomic mass is 10.2. The summed E-state index contributed by atoms with van der Waals surface area (Å²) in [6.45, 7) is 7.86. The van der Waals surface area contributed by atoms with Gasteiger partial charge in [-0.2, -0.15) is 4.98 Å². The number of anilines is 6. The summed E-state index contributed by atoms with van der Waals surface area (Å²) in [5.74, 6) is 1.10. The van der Waals surface area contributed by atoms with Crippen LogP contribution in [0.3, 0.4) is 0 Å². The highest BCUT2D eigenvalue weighted by Gasteiger charge is 2.25. The third kappa shape index (κ3) is 7.70. The lowest BCUT2D eigenvalue weighted by molar-refractivity contribution is -0.120. The number of rotatable bonds is 10. The zero-order valence-electron chi connectivity index (χ0n) is 26.9. The average molecular weight is 690 g/mol. The Labute approximate surface area is 284 Å². The minimum absolute atomic E-state index is 0.257. The third-order valence-electron chi connectivity index (χ3n) is 8.21. The number of halogens is 1. The van der Waals surface area contributed by atoms with Crippen molar-refractivity contribution in [1.29, 1.82) is 0 Å². The summed E-state index contributed by atoms with van der Waals surface area (Å²) < 4.78 is 18.6. The molecule has 0 unspecified atom stereocenters. The molecule has 2 aromatic carbocycles. The van der Waals surface area contributed by atoms with Crippen LogP contribution in [0.4, 0.5) is 39.3 Å². The highest BCUT2D eigenvalue weighted by atomic mass is 35.5. The molecular weight excluding hydrogens is 653 g/mol. The Hall–Kier alpha value is -4.71. The van der Waals surface area contributed by atoms with Crippen LogP contribution in [0.5, 0.6) is 5.75 Å². The molecule has 6 rings (SSSR count). The maximum Gasteiger partial charge on any atom is 0.328 e. The number of para-hydroxylation sites is 1. The van der Waals surface area contributed by atoms with Gasteiger partial charge in [0.25, 0.3) is 0 Å². The van der Waals surface area contributed by atoms with Gasteiger partial charge in [-0.05, 0) is 49.7 Å². The number of nitrogens with one attached hydrogen (secondary N) is 3. The lowest BCUT2D eigenvalue weighted by Crippen LogP contribution is -2.49. The van der Waals surface area contributed by atoms with E-state index in [4.69, 9.17) is 16.3 Å². The van der Waals surface area contributed by atoms with Crippen molar-refractivity contribution in [2.75, 3.05) is 73.6 Å². The number of methoxy groups -OCH3 is 1. The predicted octanol–water partition coefficient (Wildman–Crippen LogP) is 5.04. The zero-order valence-corrected chi connectivity index (χ0v) is 28.6. The second kappa shape index (κ2) is 14.2. The number of piperazine rings is 1. The summed E-state index contributed by atoms with van der Waals surface area (Å²) in [4.78, 5) is 43.3. The number of carbonyl (C=O) groups excluding carboxylic acids is 2. The van der Waals surface area contributed by atoms with Gasteiger partial charge in [0.2, 0.25) is 11.9 Å². The fraction of sp³-hybridized carbons (Fsp3) is 0.303. The average Bonchev–Trinajstić information content (AvgIpc) is 3.07. The van der Waals surface area contributed by atoms with Gasteiger partial charge in [0.1, 0.15) is 17.9 Å². The first-order valence-electron chi connectivity index (χ1n) is 15.5. The Morgan fingerprint density at radius 3 is 2.40 bits per heavy atom. The van der Waals surface area contributed by atoms with Gasteiger partial charge in [-0.15, -0.1) is 0 Å². The largest absolute Gasteiger partial charge is 0.494 e. The second-order valence-electron chi connectivity index (χ2n) is 11.9. The molecule has 0 bridgehead atoms. The van der Waals surface area contributed by atoms with E-state index in [1.165, 1.54) is 11.1 Å². The third-order valence-corrected chi connectivity index (χ3v) is 10.0. The van der Waals surface area contributed by atoms with Crippen molar-refractivity contribution >= 4 is 70.5 Å². The van der Waals surface area contributed by atoms with Crippen LogP contribution in [0.25, 0.3) is 0 Å². The molecule has 0 spiro atoms. The van der Waals surface area contributed by atoms with Gasteiger partial charge in [0, 0.05) is 62.7 Å². The van der Waals surface area contributed by atoms with Gasteiger partial charge in [0.05, 0.1) is 42.3 Å². The Morgan fingerprint density at radius 2 is 1.69 bits per heavy atom. The number of urea groups is 1. The first-order valence-corrected chi connectivity index (χ1v) is 18.5. The van der Waals surface area contributed by atoms with E-state index >= 15 is 0 Å². The highest BCUT2D eigenvalue weighted by molar-refractivity contribution is 7.70. The lowest BCUT2D eigenvalue weighted by Gasteiger charge is -2.36. The number of hydrogen-bond donors (Lipinski definition) is 3. The van der Waals surface area contributed by atoms with Gasteiger partial charge in [-0.3, -0.25) is 24.9 Å². The number of benzene rings is 2. The Bertz CT molecular complexity index is 1860. The van der Waals surface area contributed by atoms with E-state index in [1.807, 2.05) is 54.6 Å². The van der Waals surface area contributed by atoms with Crippen molar-refractivity contribution in [2.45, 2.75) is 13.0 Å². The van der Waals surface area contributed by atoms with E-state index in [0.29, 0.717) is 58.0 Å². The van der Waals surface area contributed by atoms with Crippen molar-refractivity contribution < 1.29 is 18.9 Å². The predicted molar refractivity (Wildman–Crippen MR) is 189 cm³/mol. The van der Waals surface area contributed by atoms with Gasteiger partial charge >= 0.3 is 6.03 Å². The standard InChI is InChI=1S/C33H37ClN9O4P/c1-47-28-18-23(42-16-14-41(15-17-42)21-22-8-9-24(19-35-22)43-13-12-30(44)39-33(43)45)10-11-26(28)38-32-36-20-25(34)31(40-32)37-27-6-4-5-7-29(27)48(2,3)46/h4-11,18-20H,12-17,21H2,1-3H3,(H,39,44,45)(H2,36,37,38,40). The normalized spacial score (nSPS) is 15.7. The van der Waals surface area contributed by atoms with E-state index < -0.39 is 13.2 Å². The first-order chi connectivity index (χ1) is 23.1. The van der Waals surface area contributed by atoms with Crippen molar-refractivity contribution in [2.24, 2.45) is 0 Å². The van der Waals surface area contributed by atoms with Gasteiger partial charge in [-0.1, -0.05) is 23.7 Å². The van der Waals surface area contributed by atoms with Crippen LogP contribution in [-0.2, 0) is 15.9 Å². The van der Waals surface area contributed by atoms with Crippen LogP contribution in [0.1, 0.15) is 12.1 Å². The van der Waals surface area contributed by atoms with Crippen LogP contribution in [0.2, 0.25) is 5.02 Å². The van der Waals surface area contributed by atoms with E-state index in [2.05, 4.69) is 40.7 Å². The quantitative estimate of drug-likeness (QED) is 0.193. The topological polar surface area (TPSA) is 145 Å². The molecule has 3 N–H and O–H groups in total. The SMILES string of the molecule is COc1cc(N2CCN(Cc3ccc(N4CCC(=O)NC4=O)cn3)CC2)ccc1Nc1ncc(Cl)c(Nc2ccccc2P(C)(C)=O)n1. The van der Waals surface area contributed by atoms with E-state index in [1.54, 1.807) is 26.6 Å². The second-order valence-corrected chi connectivity index (χ2v) is 15.5. The molecule has 2 aromatic heterocycles. The molecule has 2 fully saturated rings. The molecule has 4 aromatic rings. The molecule has 2 aliphatic heterocycles. The molecule has 2 saturated heterocycles. The molecule has 0 saturated carbocycles. The Morgan fingerprint density at radius 1 is 0.917 bits per heavy atom. The van der Waals surface area contributed by atoms with E-state index in [0.717, 1.165) is 37.6 Å². The number of hydrogen-bond acceptors (Lipinski definition) is 11. The molecule has 0 radical (unpaired) electrons. The smallest absolute Gasteiger partial charge is 0.328 e. The van der Waals surface area contributed by atoms with Crippen molar-refractivity contribution in [3.63, 3.8) is 0 Å². The van der Waals surface area contributed by atoms with Crippen LogP contribution in [0, 0.1) is 0 Å². The molecule has 13 nitrogen and oxygen atoms in total. The molecule has 0 atom stereocenters. The Balaban J connectivity index is 1.07.